The average Bonchev–Trinajstić information content (AvgIpc) is 1.81. The number of hydrogen-bond acceptors (Lipinski definition) is 2. The van der Waals surface area contributed by atoms with E-state index in [1.54, 1.807) is 0 Å². The summed E-state index contributed by atoms with van der Waals surface area (Å²) in [6.45, 7) is 0. The fourth-order valence-electron chi connectivity index (χ4n) is 0.327. The predicted octanol–water partition coefficient (Wildman–Crippen LogP) is 1.02. The second kappa shape index (κ2) is 4.74. The molecule has 0 unspecified atom stereocenters. The van der Waals surface area contributed by atoms with Gasteiger partial charge in [-0.2, -0.15) is 39.2 Å². The van der Waals surface area contributed by atoms with Crippen LogP contribution < -0.4 is 0 Å². The summed E-state index contributed by atoms with van der Waals surface area (Å²) in [6.07, 6.45) is -6.79. The molecule has 0 aliphatic heterocycles. The van der Waals surface area contributed by atoms with Crippen LogP contribution in [0.15, 0.2) is 0 Å². The zero-order valence-corrected chi connectivity index (χ0v) is 6.63. The van der Waals surface area contributed by atoms with Gasteiger partial charge in [-0.15, -0.1) is 0 Å². The molecule has 0 bridgehead atoms. The SMILES string of the molecule is O=S(=O)(O)C(F)(F)C(F)(F)C(F)(F)F.[KH]. The van der Waals surface area contributed by atoms with Crippen LogP contribution in [-0.4, -0.2) is 81.7 Å². The van der Waals surface area contributed by atoms with Crippen molar-refractivity contribution >= 4 is 61.5 Å². The van der Waals surface area contributed by atoms with Gasteiger partial charge in [-0.1, -0.05) is 0 Å². The van der Waals surface area contributed by atoms with Gasteiger partial charge in [0.05, 0.1) is 0 Å². The molecule has 0 aliphatic rings. The molecule has 88 valence electrons. The fourth-order valence-corrected chi connectivity index (χ4v) is 0.767. The van der Waals surface area contributed by atoms with Crippen molar-refractivity contribution in [3.05, 3.63) is 0 Å². The van der Waals surface area contributed by atoms with E-state index in [-0.39, 0.29) is 51.4 Å². The molecule has 0 spiro atoms. The zero-order chi connectivity index (χ0) is 12.0. The first kappa shape index (κ1) is 18.4. The van der Waals surface area contributed by atoms with Crippen LogP contribution in [0.25, 0.3) is 0 Å². The molecule has 0 amide bonds. The van der Waals surface area contributed by atoms with Crippen LogP contribution in [0.4, 0.5) is 30.7 Å². The number of halogens is 7. The van der Waals surface area contributed by atoms with Crippen LogP contribution in [-0.2, 0) is 10.1 Å². The second-order valence-electron chi connectivity index (χ2n) is 2.06. The molecule has 0 radical (unpaired) electrons. The standard InChI is InChI=1S/C3HF7O3S.K.H/c4-1(5,2(6,7)8)3(9,10)14(11,12)13;;/h(H,11,12,13);;. The normalized spacial score (nSPS) is 14.7. The number of alkyl halides is 7. The summed E-state index contributed by atoms with van der Waals surface area (Å²) in [5.41, 5.74) is 0. The molecule has 0 fully saturated rings. The molecule has 0 heterocycles. The minimum absolute atomic E-state index is 0. The van der Waals surface area contributed by atoms with Gasteiger partial charge in [0.25, 0.3) is 0 Å². The van der Waals surface area contributed by atoms with Gasteiger partial charge in [0.15, 0.2) is 0 Å². The Morgan fingerprint density at radius 3 is 1.20 bits per heavy atom. The van der Waals surface area contributed by atoms with Crippen molar-refractivity contribution in [2.75, 3.05) is 0 Å². The summed E-state index contributed by atoms with van der Waals surface area (Å²) in [6, 6.07) is 0. The van der Waals surface area contributed by atoms with Gasteiger partial charge in [0.2, 0.25) is 0 Å². The third-order valence-corrected chi connectivity index (χ3v) is 1.95. The zero-order valence-electron chi connectivity index (χ0n) is 5.82. The van der Waals surface area contributed by atoms with Crippen molar-refractivity contribution < 1.29 is 43.7 Å². The molecule has 0 aliphatic carbocycles. The van der Waals surface area contributed by atoms with E-state index >= 15 is 0 Å². The topological polar surface area (TPSA) is 54.4 Å². The first-order chi connectivity index (χ1) is 5.75. The maximum absolute atomic E-state index is 11.9. The van der Waals surface area contributed by atoms with Gasteiger partial charge in [0.1, 0.15) is 0 Å². The van der Waals surface area contributed by atoms with Crippen LogP contribution in [0, 0.1) is 0 Å². The van der Waals surface area contributed by atoms with Gasteiger partial charge < -0.3 is 0 Å². The van der Waals surface area contributed by atoms with E-state index in [1.807, 2.05) is 0 Å². The molecule has 0 aromatic carbocycles. The van der Waals surface area contributed by atoms with Crippen molar-refractivity contribution in [1.82, 2.24) is 0 Å². The Bertz CT molecular complexity index is 319. The van der Waals surface area contributed by atoms with E-state index in [0.717, 1.165) is 0 Å². The van der Waals surface area contributed by atoms with E-state index in [9.17, 15) is 39.2 Å². The molecule has 0 aromatic heterocycles. The molecule has 0 aromatic rings. The first-order valence-electron chi connectivity index (χ1n) is 2.54. The van der Waals surface area contributed by atoms with Crippen molar-refractivity contribution in [3.63, 3.8) is 0 Å². The molecule has 0 saturated heterocycles. The average molecular weight is 290 g/mol. The van der Waals surface area contributed by atoms with Gasteiger partial charge in [-0.25, -0.2) is 0 Å². The fraction of sp³-hybridized carbons (Fsp3) is 1.00. The molecule has 0 rings (SSSR count). The van der Waals surface area contributed by atoms with Gasteiger partial charge in [-0.3, -0.25) is 4.55 Å². The van der Waals surface area contributed by atoms with Crippen LogP contribution in [0.2, 0.25) is 0 Å². The van der Waals surface area contributed by atoms with Crippen LogP contribution in [0.3, 0.4) is 0 Å². The molecular weight excluding hydrogens is 288 g/mol. The van der Waals surface area contributed by atoms with Gasteiger partial charge in [0, 0.05) is 0 Å². The summed E-state index contributed by atoms with van der Waals surface area (Å²) in [4.78, 5) is 0. The molecule has 3 nitrogen and oxygen atoms in total. The van der Waals surface area contributed by atoms with Crippen molar-refractivity contribution in [1.29, 1.82) is 0 Å². The summed E-state index contributed by atoms with van der Waals surface area (Å²) >= 11 is 0. The Morgan fingerprint density at radius 2 is 1.13 bits per heavy atom. The molecule has 0 atom stereocenters. The second-order valence-corrected chi connectivity index (χ2v) is 3.53. The van der Waals surface area contributed by atoms with E-state index < -0.39 is 27.5 Å². The number of hydrogen-bond donors (Lipinski definition) is 1. The third kappa shape index (κ3) is 3.26. The Morgan fingerprint density at radius 1 is 0.867 bits per heavy atom. The van der Waals surface area contributed by atoms with Crippen LogP contribution >= 0.6 is 0 Å². The summed E-state index contributed by atoms with van der Waals surface area (Å²) in [7, 11) is -6.85. The molecule has 0 saturated carbocycles. The van der Waals surface area contributed by atoms with E-state index in [2.05, 4.69) is 0 Å². The van der Waals surface area contributed by atoms with Crippen molar-refractivity contribution in [3.8, 4) is 0 Å². The van der Waals surface area contributed by atoms with E-state index in [1.165, 1.54) is 0 Å². The Kier molecular flexibility index (Phi) is 5.82. The quantitative estimate of drug-likeness (QED) is 0.469. The number of rotatable bonds is 2. The van der Waals surface area contributed by atoms with Crippen molar-refractivity contribution in [2.45, 2.75) is 17.4 Å². The first-order valence-corrected chi connectivity index (χ1v) is 3.98. The van der Waals surface area contributed by atoms with Gasteiger partial charge >= 0.3 is 78.9 Å². The van der Waals surface area contributed by atoms with E-state index in [4.69, 9.17) is 4.55 Å². The Balaban J connectivity index is 0. The summed E-state index contributed by atoms with van der Waals surface area (Å²) in [5, 5.41) is -6.61. The maximum atomic E-state index is 11.9. The van der Waals surface area contributed by atoms with Crippen LogP contribution in [0.1, 0.15) is 0 Å². The molecule has 12 heteroatoms. The molecular formula is C3H2F7KO3S. The Labute approximate surface area is 121 Å². The molecule has 15 heavy (non-hydrogen) atoms. The third-order valence-electron chi connectivity index (χ3n) is 1.05. The van der Waals surface area contributed by atoms with Crippen molar-refractivity contribution in [2.24, 2.45) is 0 Å². The summed E-state index contributed by atoms with van der Waals surface area (Å²) in [5.74, 6) is -6.85. The van der Waals surface area contributed by atoms with Crippen LogP contribution in [0.5, 0.6) is 0 Å². The predicted molar refractivity (Wildman–Crippen MR) is 34.6 cm³/mol. The van der Waals surface area contributed by atoms with E-state index in [0.29, 0.717) is 0 Å². The summed E-state index contributed by atoms with van der Waals surface area (Å²) < 4.78 is 108. The monoisotopic (exact) mass is 290 g/mol. The van der Waals surface area contributed by atoms with Gasteiger partial charge in [-0.05, 0) is 0 Å². The Hall–Kier alpha value is 1.06. The minimum atomic E-state index is -6.85. The molecule has 1 N–H and O–H groups in total.